The Bertz CT molecular complexity index is 55.5. The molecule has 0 aliphatic rings. The van der Waals surface area contributed by atoms with E-state index < -0.39 is 0 Å². The Morgan fingerprint density at radius 2 is 0.444 bits per heavy atom. The topological polar surface area (TPSA) is 95.2 Å². The fourth-order valence-electron chi connectivity index (χ4n) is 0. The first kappa shape index (κ1) is 44.9. The van der Waals surface area contributed by atoms with Gasteiger partial charge in [0.05, 0.1) is 0 Å². The molecular formula is C4N4Pb-4. The van der Waals surface area contributed by atoms with Crippen LogP contribution < -0.4 is 0 Å². The van der Waals surface area contributed by atoms with Gasteiger partial charge in [0.15, 0.2) is 0 Å². The van der Waals surface area contributed by atoms with Crippen LogP contribution in [0.2, 0.25) is 0 Å². The average molecular weight is 311 g/mol. The van der Waals surface area contributed by atoms with Gasteiger partial charge in [0, 0.05) is 27.3 Å². The minimum Gasteiger partial charge on any atom is -0.512 e. The van der Waals surface area contributed by atoms with Gasteiger partial charge in [-0.05, 0) is 0 Å². The third-order valence-electron chi connectivity index (χ3n) is 0. The van der Waals surface area contributed by atoms with Crippen molar-refractivity contribution in [1.29, 1.82) is 21.0 Å². The smallest absolute Gasteiger partial charge is 0 e. The molecule has 0 atom stereocenters. The van der Waals surface area contributed by atoms with Gasteiger partial charge in [0.1, 0.15) is 0 Å². The van der Waals surface area contributed by atoms with E-state index in [9.17, 15) is 0 Å². The van der Waals surface area contributed by atoms with Crippen LogP contribution in [-0.2, 0) is 0 Å². The SMILES string of the molecule is [C-]#N.[C-]#N.[C-]#N.[C-]#N.[Pb]. The van der Waals surface area contributed by atoms with Gasteiger partial charge in [-0.3, -0.25) is 0 Å². The maximum Gasteiger partial charge on any atom is 0 e. The van der Waals surface area contributed by atoms with E-state index in [0.29, 0.717) is 0 Å². The minimum atomic E-state index is 0. The fourth-order valence-corrected chi connectivity index (χ4v) is 0. The van der Waals surface area contributed by atoms with E-state index in [1.54, 1.807) is 0 Å². The van der Waals surface area contributed by atoms with E-state index in [-0.39, 0.29) is 27.3 Å². The van der Waals surface area contributed by atoms with E-state index in [0.717, 1.165) is 0 Å². The van der Waals surface area contributed by atoms with Crippen molar-refractivity contribution in [3.8, 4) is 0 Å². The zero-order chi connectivity index (χ0) is 8.00. The van der Waals surface area contributed by atoms with Gasteiger partial charge >= 0.3 is 0 Å². The van der Waals surface area contributed by atoms with Gasteiger partial charge in [-0.2, -0.15) is 0 Å². The quantitative estimate of drug-likeness (QED) is 0.465. The Morgan fingerprint density at radius 3 is 0.444 bits per heavy atom. The predicted molar refractivity (Wildman–Crippen MR) is 25.6 cm³/mol. The van der Waals surface area contributed by atoms with Gasteiger partial charge in [-0.25, -0.2) is 0 Å². The monoisotopic (exact) mass is 312 g/mol. The van der Waals surface area contributed by atoms with Crippen molar-refractivity contribution >= 4 is 27.3 Å². The summed E-state index contributed by atoms with van der Waals surface area (Å²) in [5.41, 5.74) is 0. The molecule has 9 heavy (non-hydrogen) atoms. The van der Waals surface area contributed by atoms with E-state index in [1.807, 2.05) is 0 Å². The second-order valence-corrected chi connectivity index (χ2v) is 0. The van der Waals surface area contributed by atoms with Crippen molar-refractivity contribution < 1.29 is 0 Å². The van der Waals surface area contributed by atoms with E-state index in [2.05, 4.69) is 0 Å². The van der Waals surface area contributed by atoms with E-state index >= 15 is 0 Å². The second kappa shape index (κ2) is 191. The van der Waals surface area contributed by atoms with Crippen LogP contribution in [0.15, 0.2) is 0 Å². The van der Waals surface area contributed by atoms with Crippen LogP contribution in [-0.4, -0.2) is 27.3 Å². The summed E-state index contributed by atoms with van der Waals surface area (Å²) in [7, 11) is 0. The molecule has 0 rings (SSSR count). The third kappa shape index (κ3) is 131. The van der Waals surface area contributed by atoms with Crippen LogP contribution in [0.25, 0.3) is 0 Å². The molecule has 0 saturated heterocycles. The number of rotatable bonds is 0. The summed E-state index contributed by atoms with van der Waals surface area (Å²) in [6.45, 7) is 19.0. The summed E-state index contributed by atoms with van der Waals surface area (Å²) < 4.78 is 0. The zero-order valence-corrected chi connectivity index (χ0v) is 8.18. The molecule has 4 nitrogen and oxygen atoms in total. The van der Waals surface area contributed by atoms with Crippen molar-refractivity contribution in [2.75, 3.05) is 0 Å². The van der Waals surface area contributed by atoms with Crippen molar-refractivity contribution in [2.24, 2.45) is 0 Å². The van der Waals surface area contributed by atoms with Crippen LogP contribution in [0.4, 0.5) is 0 Å². The van der Waals surface area contributed by atoms with Crippen molar-refractivity contribution in [3.63, 3.8) is 0 Å². The van der Waals surface area contributed by atoms with Crippen LogP contribution in [0, 0.1) is 47.3 Å². The Balaban J connectivity index is -0.00000000762. The summed E-state index contributed by atoms with van der Waals surface area (Å²) in [4.78, 5) is 0. The Kier molecular flexibility index (Phi) is 951. The molecule has 0 saturated carbocycles. The third-order valence-corrected chi connectivity index (χ3v) is 0. The normalized spacial score (nSPS) is 0.889. The minimum absolute atomic E-state index is 0. The van der Waals surface area contributed by atoms with Crippen molar-refractivity contribution in [1.82, 2.24) is 0 Å². The molecule has 0 aromatic rings. The predicted octanol–water partition coefficient (Wildman–Crippen LogP) is 0.00468. The van der Waals surface area contributed by atoms with Crippen LogP contribution in [0.1, 0.15) is 0 Å². The molecule has 0 aliphatic heterocycles. The summed E-state index contributed by atoms with van der Waals surface area (Å²) >= 11 is 0. The maximum atomic E-state index is 6.25. The Hall–Kier alpha value is -1.12. The molecule has 44 valence electrons. The number of nitrogens with zero attached hydrogens (tertiary/aromatic N) is 4. The van der Waals surface area contributed by atoms with Gasteiger partial charge in [0.25, 0.3) is 0 Å². The summed E-state index contributed by atoms with van der Waals surface area (Å²) in [5.74, 6) is 0. The number of hydrogen-bond donors (Lipinski definition) is 0. The van der Waals surface area contributed by atoms with Crippen LogP contribution in [0.5, 0.6) is 0 Å². The van der Waals surface area contributed by atoms with E-state index in [4.69, 9.17) is 47.3 Å². The molecule has 0 unspecified atom stereocenters. The molecule has 0 aromatic heterocycles. The van der Waals surface area contributed by atoms with E-state index in [1.165, 1.54) is 0 Å². The maximum absolute atomic E-state index is 6.25. The number of hydrogen-bond acceptors (Lipinski definition) is 4. The molecular weight excluding hydrogens is 311 g/mol. The standard InChI is InChI=1S/4CN.Pb/c4*1-2;/q4*-1;. The molecule has 0 aliphatic carbocycles. The Morgan fingerprint density at radius 1 is 0.444 bits per heavy atom. The summed E-state index contributed by atoms with van der Waals surface area (Å²) in [6, 6.07) is 0. The molecule has 0 fully saturated rings. The van der Waals surface area contributed by atoms with Gasteiger partial charge < -0.3 is 47.3 Å². The molecule has 0 spiro atoms. The van der Waals surface area contributed by atoms with Crippen molar-refractivity contribution in [2.45, 2.75) is 0 Å². The molecule has 5 heteroatoms. The molecule has 4 radical (unpaired) electrons. The molecule has 0 heterocycles. The van der Waals surface area contributed by atoms with Gasteiger partial charge in [-0.15, -0.1) is 0 Å². The average Bonchev–Trinajstić information content (AvgIpc) is 2.03. The molecule has 0 bridgehead atoms. The summed E-state index contributed by atoms with van der Waals surface area (Å²) in [5, 5.41) is 25.0. The van der Waals surface area contributed by atoms with Gasteiger partial charge in [-0.1, -0.05) is 0 Å². The van der Waals surface area contributed by atoms with Crippen LogP contribution in [0.3, 0.4) is 0 Å². The van der Waals surface area contributed by atoms with Crippen molar-refractivity contribution in [3.05, 3.63) is 26.3 Å². The molecule has 0 aromatic carbocycles. The molecule has 0 N–H and O–H groups in total. The van der Waals surface area contributed by atoms with Gasteiger partial charge in [0.2, 0.25) is 0 Å². The Labute approximate surface area is 74.7 Å². The zero-order valence-electron chi connectivity index (χ0n) is 4.29. The summed E-state index contributed by atoms with van der Waals surface area (Å²) in [6.07, 6.45) is 0. The first-order chi connectivity index (χ1) is 4.00. The fraction of sp³-hybridized carbons (Fsp3) is 0. The second-order valence-electron chi connectivity index (χ2n) is 0. The largest absolute Gasteiger partial charge is 0.512 e. The molecule has 0 amide bonds. The first-order valence-electron chi connectivity index (χ1n) is 0.894. The first-order valence-corrected chi connectivity index (χ1v) is 0.894. The van der Waals surface area contributed by atoms with Crippen LogP contribution >= 0.6 is 0 Å².